The summed E-state index contributed by atoms with van der Waals surface area (Å²) in [5.41, 5.74) is 1.64. The number of ketones is 1. The molecule has 14 heavy (non-hydrogen) atoms. The van der Waals surface area contributed by atoms with Crippen LogP contribution in [0.5, 0.6) is 0 Å². The van der Waals surface area contributed by atoms with Crippen LogP contribution in [-0.4, -0.2) is 5.78 Å². The number of Topliss-reactive ketones (excluding diaryl/α,β-unsaturated/α-hetero) is 1. The van der Waals surface area contributed by atoms with Gasteiger partial charge in [-0.2, -0.15) is 5.26 Å². The van der Waals surface area contributed by atoms with Gasteiger partial charge in [-0.05, 0) is 12.5 Å². The molecule has 1 rings (SSSR count). The Balaban J connectivity index is 0.000000791. The van der Waals surface area contributed by atoms with Gasteiger partial charge < -0.3 is 0 Å². The summed E-state index contributed by atoms with van der Waals surface area (Å²) in [5, 5.41) is 8.38. The molecule has 0 fully saturated rings. The van der Waals surface area contributed by atoms with Crippen LogP contribution in [0.2, 0.25) is 0 Å². The molecule has 2 heteroatoms. The summed E-state index contributed by atoms with van der Waals surface area (Å²) in [4.78, 5) is 10.8. The molecule has 0 saturated carbocycles. The van der Waals surface area contributed by atoms with Crippen molar-refractivity contribution < 1.29 is 4.79 Å². The van der Waals surface area contributed by atoms with Crippen LogP contribution in [0.15, 0.2) is 24.3 Å². The molecule has 0 amide bonds. The van der Waals surface area contributed by atoms with E-state index in [1.807, 2.05) is 19.9 Å². The maximum Gasteiger partial charge on any atom is 0.159 e. The Kier molecular flexibility index (Phi) is 6.06. The van der Waals surface area contributed by atoms with Crippen molar-refractivity contribution in [3.63, 3.8) is 0 Å². The van der Waals surface area contributed by atoms with Crippen LogP contribution in [0.3, 0.4) is 0 Å². The second kappa shape index (κ2) is 6.85. The van der Waals surface area contributed by atoms with Gasteiger partial charge in [-0.15, -0.1) is 0 Å². The zero-order chi connectivity index (χ0) is 11.0. The lowest BCUT2D eigenvalue weighted by atomic mass is 10.1. The van der Waals surface area contributed by atoms with E-state index in [1.165, 1.54) is 6.92 Å². The summed E-state index contributed by atoms with van der Waals surface area (Å²) in [5.74, 6) is 0.0542. The molecule has 0 N–H and O–H groups in total. The topological polar surface area (TPSA) is 40.9 Å². The predicted molar refractivity (Wildman–Crippen MR) is 57.1 cm³/mol. The van der Waals surface area contributed by atoms with Crippen LogP contribution in [0.25, 0.3) is 0 Å². The highest BCUT2D eigenvalue weighted by Gasteiger charge is 1.97. The SMILES string of the molecule is CC.CC(=O)c1ccc(CC#N)cc1. The lowest BCUT2D eigenvalue weighted by Crippen LogP contribution is -1.91. The first-order valence-electron chi connectivity index (χ1n) is 4.71. The van der Waals surface area contributed by atoms with E-state index in [0.29, 0.717) is 12.0 Å². The zero-order valence-electron chi connectivity index (χ0n) is 8.87. The van der Waals surface area contributed by atoms with E-state index in [4.69, 9.17) is 5.26 Å². The smallest absolute Gasteiger partial charge is 0.159 e. The van der Waals surface area contributed by atoms with Gasteiger partial charge >= 0.3 is 0 Å². The van der Waals surface area contributed by atoms with E-state index >= 15 is 0 Å². The minimum absolute atomic E-state index is 0.0542. The fourth-order valence-electron chi connectivity index (χ4n) is 0.949. The van der Waals surface area contributed by atoms with E-state index in [2.05, 4.69) is 0 Å². The van der Waals surface area contributed by atoms with E-state index in [0.717, 1.165) is 5.56 Å². The number of benzene rings is 1. The van der Waals surface area contributed by atoms with Gasteiger partial charge in [0.15, 0.2) is 5.78 Å². The van der Waals surface area contributed by atoms with Gasteiger partial charge in [-0.3, -0.25) is 4.79 Å². The molecule has 1 aromatic rings. The minimum atomic E-state index is 0.0542. The van der Waals surface area contributed by atoms with Gasteiger partial charge in [0.1, 0.15) is 0 Å². The third-order valence-electron chi connectivity index (χ3n) is 1.64. The molecular weight excluding hydrogens is 174 g/mol. The molecule has 0 radical (unpaired) electrons. The summed E-state index contributed by atoms with van der Waals surface area (Å²) in [7, 11) is 0. The summed E-state index contributed by atoms with van der Waals surface area (Å²) in [6, 6.07) is 9.15. The molecule has 0 bridgehead atoms. The average molecular weight is 189 g/mol. The third kappa shape index (κ3) is 3.86. The fraction of sp³-hybridized carbons (Fsp3) is 0.333. The number of carbonyl (C=O) groups excluding carboxylic acids is 1. The van der Waals surface area contributed by atoms with Crippen molar-refractivity contribution in [2.24, 2.45) is 0 Å². The van der Waals surface area contributed by atoms with Gasteiger partial charge in [-0.1, -0.05) is 38.1 Å². The molecule has 0 unspecified atom stereocenters. The van der Waals surface area contributed by atoms with Crippen molar-refractivity contribution in [2.45, 2.75) is 27.2 Å². The highest BCUT2D eigenvalue weighted by molar-refractivity contribution is 5.93. The first-order valence-corrected chi connectivity index (χ1v) is 4.71. The average Bonchev–Trinajstić information content (AvgIpc) is 2.22. The van der Waals surface area contributed by atoms with Crippen LogP contribution in [-0.2, 0) is 6.42 Å². The highest BCUT2D eigenvalue weighted by Crippen LogP contribution is 2.04. The molecule has 2 nitrogen and oxygen atoms in total. The molecule has 0 aliphatic rings. The molecule has 0 aliphatic carbocycles. The first-order chi connectivity index (χ1) is 6.74. The molecule has 0 saturated heterocycles. The molecular formula is C12H15NO. The van der Waals surface area contributed by atoms with E-state index in [1.54, 1.807) is 24.3 Å². The number of nitrogens with zero attached hydrogens (tertiary/aromatic N) is 1. The van der Waals surface area contributed by atoms with Crippen LogP contribution in [0.4, 0.5) is 0 Å². The van der Waals surface area contributed by atoms with Gasteiger partial charge in [-0.25, -0.2) is 0 Å². The third-order valence-corrected chi connectivity index (χ3v) is 1.64. The number of nitriles is 1. The lowest BCUT2D eigenvalue weighted by molar-refractivity contribution is 0.101. The van der Waals surface area contributed by atoms with Crippen molar-refractivity contribution in [3.05, 3.63) is 35.4 Å². The number of carbonyl (C=O) groups is 1. The Hall–Kier alpha value is -1.62. The maximum atomic E-state index is 10.8. The Morgan fingerprint density at radius 1 is 1.29 bits per heavy atom. The molecule has 0 aliphatic heterocycles. The Bertz CT molecular complexity index is 319. The second-order valence-electron chi connectivity index (χ2n) is 2.59. The largest absolute Gasteiger partial charge is 0.295 e. The van der Waals surface area contributed by atoms with Crippen LogP contribution < -0.4 is 0 Å². The Morgan fingerprint density at radius 3 is 2.14 bits per heavy atom. The van der Waals surface area contributed by atoms with Gasteiger partial charge in [0.05, 0.1) is 12.5 Å². The standard InChI is InChI=1S/C10H9NO.C2H6/c1-8(12)10-4-2-9(3-5-10)6-7-11;1-2/h2-5H,6H2,1H3;1-2H3. The van der Waals surface area contributed by atoms with Crippen LogP contribution >= 0.6 is 0 Å². The van der Waals surface area contributed by atoms with Gasteiger partial charge in [0, 0.05) is 5.56 Å². The van der Waals surface area contributed by atoms with Crippen molar-refractivity contribution in [1.82, 2.24) is 0 Å². The lowest BCUT2D eigenvalue weighted by Gasteiger charge is -1.96. The van der Waals surface area contributed by atoms with Crippen molar-refractivity contribution >= 4 is 5.78 Å². The summed E-state index contributed by atoms with van der Waals surface area (Å²) >= 11 is 0. The van der Waals surface area contributed by atoms with Crippen molar-refractivity contribution in [1.29, 1.82) is 5.26 Å². The van der Waals surface area contributed by atoms with E-state index in [9.17, 15) is 4.79 Å². The summed E-state index contributed by atoms with van der Waals surface area (Å²) < 4.78 is 0. The predicted octanol–water partition coefficient (Wildman–Crippen LogP) is 2.98. The van der Waals surface area contributed by atoms with Crippen molar-refractivity contribution in [2.75, 3.05) is 0 Å². The van der Waals surface area contributed by atoms with E-state index in [-0.39, 0.29) is 5.78 Å². The molecule has 0 spiro atoms. The van der Waals surface area contributed by atoms with Crippen LogP contribution in [0.1, 0.15) is 36.7 Å². The Morgan fingerprint density at radius 2 is 1.79 bits per heavy atom. The van der Waals surface area contributed by atoms with Crippen LogP contribution in [0, 0.1) is 11.3 Å². The summed E-state index contributed by atoms with van der Waals surface area (Å²) in [6.07, 6.45) is 0.401. The molecule has 74 valence electrons. The molecule has 0 heterocycles. The fourth-order valence-corrected chi connectivity index (χ4v) is 0.949. The molecule has 1 aromatic carbocycles. The van der Waals surface area contributed by atoms with Gasteiger partial charge in [0.25, 0.3) is 0 Å². The van der Waals surface area contributed by atoms with Crippen molar-refractivity contribution in [3.8, 4) is 6.07 Å². The first kappa shape index (κ1) is 12.4. The zero-order valence-corrected chi connectivity index (χ0v) is 8.87. The summed E-state index contributed by atoms with van der Waals surface area (Å²) in [6.45, 7) is 5.53. The van der Waals surface area contributed by atoms with Gasteiger partial charge in [0.2, 0.25) is 0 Å². The highest BCUT2D eigenvalue weighted by atomic mass is 16.1. The molecule has 0 aromatic heterocycles. The van der Waals surface area contributed by atoms with E-state index < -0.39 is 0 Å². The second-order valence-corrected chi connectivity index (χ2v) is 2.59. The maximum absolute atomic E-state index is 10.8. The molecule has 0 atom stereocenters. The quantitative estimate of drug-likeness (QED) is 0.671. The minimum Gasteiger partial charge on any atom is -0.295 e. The normalized spacial score (nSPS) is 8.14. The number of hydrogen-bond donors (Lipinski definition) is 0. The number of hydrogen-bond acceptors (Lipinski definition) is 2. The number of rotatable bonds is 2. The monoisotopic (exact) mass is 189 g/mol. The Labute approximate surface area is 85.2 Å².